The molecule has 6 unspecified atom stereocenters. The number of hydrogen-bond acceptors (Lipinski definition) is 8. The summed E-state index contributed by atoms with van der Waals surface area (Å²) >= 11 is 0. The molecular weight excluding hydrogens is 444 g/mol. The third-order valence-corrected chi connectivity index (χ3v) is 8.27. The Balaban J connectivity index is 1.08. The van der Waals surface area contributed by atoms with E-state index in [-0.39, 0.29) is 24.7 Å². The van der Waals surface area contributed by atoms with Crippen LogP contribution in [0.3, 0.4) is 0 Å². The summed E-state index contributed by atoms with van der Waals surface area (Å²) in [4.78, 5) is 84.2. The van der Waals surface area contributed by atoms with E-state index in [4.69, 9.17) is 9.68 Å². The van der Waals surface area contributed by atoms with Gasteiger partial charge in [-0.15, -0.1) is 10.1 Å². The van der Waals surface area contributed by atoms with E-state index in [0.29, 0.717) is 22.0 Å². The molecule has 6 aliphatic rings. The minimum absolute atomic E-state index is 0.127. The monoisotopic (exact) mass is 468 g/mol. The topological polar surface area (TPSA) is 127 Å². The Bertz CT molecular complexity index is 1020. The van der Waals surface area contributed by atoms with Gasteiger partial charge in [-0.3, -0.25) is 19.2 Å². The maximum absolute atomic E-state index is 12.7. The average Bonchev–Trinajstić information content (AvgIpc) is 3.65. The molecule has 0 radical (unpaired) electrons. The van der Waals surface area contributed by atoms with Crippen LogP contribution in [-0.2, 0) is 38.4 Å². The summed E-state index contributed by atoms with van der Waals surface area (Å²) in [6.07, 6.45) is 9.84. The second-order valence-corrected chi connectivity index (χ2v) is 10.2. The molecule has 0 spiro atoms. The highest BCUT2D eigenvalue weighted by Crippen LogP contribution is 2.49. The lowest BCUT2D eigenvalue weighted by atomic mass is 9.86. The molecule has 6 rings (SSSR count). The Morgan fingerprint density at radius 2 is 1.09 bits per heavy atom. The van der Waals surface area contributed by atoms with Crippen molar-refractivity contribution in [1.82, 2.24) is 10.1 Å². The summed E-state index contributed by atoms with van der Waals surface area (Å²) in [6, 6.07) is 0. The van der Waals surface area contributed by atoms with Crippen LogP contribution < -0.4 is 0 Å². The molecule has 178 valence electrons. The van der Waals surface area contributed by atoms with E-state index in [1.807, 2.05) is 12.2 Å². The highest BCUT2D eigenvalue weighted by Gasteiger charge is 2.50. The maximum Gasteiger partial charge on any atom is 0.444 e. The molecule has 0 aromatic heterocycles. The van der Waals surface area contributed by atoms with Gasteiger partial charge in [0.15, 0.2) is 0 Å². The zero-order valence-corrected chi connectivity index (χ0v) is 18.4. The maximum atomic E-state index is 12.7. The minimum Gasteiger partial charge on any atom is -0.319 e. The van der Waals surface area contributed by atoms with E-state index in [1.165, 1.54) is 0 Å². The zero-order valence-electron chi connectivity index (χ0n) is 18.4. The number of amides is 4. The minimum atomic E-state index is -1.65. The standard InChI is InChI=1S/C24H24N2O8/c27-19-9-17(15-7-11-1-3-13(15)5-11)21(29)25(19)33-23(31)24(32)34-26-20(28)10-18(22(26)30)16-8-12-2-4-14(16)6-12/h7-8,11-14,17-18H,1-6,9-10H2. The number of hydrogen-bond donors (Lipinski definition) is 0. The van der Waals surface area contributed by atoms with E-state index in [1.54, 1.807) is 0 Å². The zero-order chi connectivity index (χ0) is 23.7. The third kappa shape index (κ3) is 3.22. The second-order valence-electron chi connectivity index (χ2n) is 10.2. The molecule has 4 amide bonds. The van der Waals surface area contributed by atoms with Crippen molar-refractivity contribution in [3.05, 3.63) is 23.3 Å². The molecule has 4 fully saturated rings. The van der Waals surface area contributed by atoms with Crippen LogP contribution in [0, 0.1) is 35.5 Å². The second kappa shape index (κ2) is 7.61. The normalized spacial score (nSPS) is 36.0. The molecule has 10 heteroatoms. The largest absolute Gasteiger partial charge is 0.444 e. The van der Waals surface area contributed by atoms with Gasteiger partial charge in [0.25, 0.3) is 23.6 Å². The molecule has 10 nitrogen and oxygen atoms in total. The number of rotatable bonds is 4. The van der Waals surface area contributed by atoms with Crippen molar-refractivity contribution >= 4 is 35.6 Å². The third-order valence-electron chi connectivity index (χ3n) is 8.27. The fourth-order valence-corrected chi connectivity index (χ4v) is 6.73. The summed E-state index contributed by atoms with van der Waals surface area (Å²) in [5, 5.41) is 0.606. The van der Waals surface area contributed by atoms with Gasteiger partial charge in [-0.2, -0.15) is 0 Å². The van der Waals surface area contributed by atoms with Crippen molar-refractivity contribution in [3.8, 4) is 0 Å². The van der Waals surface area contributed by atoms with E-state index >= 15 is 0 Å². The first-order chi connectivity index (χ1) is 16.3. The molecule has 2 saturated heterocycles. The summed E-state index contributed by atoms with van der Waals surface area (Å²) in [5.41, 5.74) is 1.81. The van der Waals surface area contributed by atoms with Crippen LogP contribution in [0.5, 0.6) is 0 Å². The van der Waals surface area contributed by atoms with E-state index < -0.39 is 47.4 Å². The molecular formula is C24H24N2O8. The van der Waals surface area contributed by atoms with Crippen LogP contribution in [0.4, 0.5) is 0 Å². The summed E-state index contributed by atoms with van der Waals surface area (Å²) < 4.78 is 0. The van der Waals surface area contributed by atoms with Gasteiger partial charge in [0, 0.05) is 12.8 Å². The quantitative estimate of drug-likeness (QED) is 0.344. The number of hydroxylamine groups is 4. The van der Waals surface area contributed by atoms with Crippen molar-refractivity contribution < 1.29 is 38.4 Å². The van der Waals surface area contributed by atoms with Crippen LogP contribution in [0.15, 0.2) is 23.3 Å². The fourth-order valence-electron chi connectivity index (χ4n) is 6.73. The van der Waals surface area contributed by atoms with E-state index in [9.17, 15) is 28.8 Å². The smallest absolute Gasteiger partial charge is 0.319 e. The van der Waals surface area contributed by atoms with Gasteiger partial charge < -0.3 is 9.68 Å². The van der Waals surface area contributed by atoms with Gasteiger partial charge in [-0.05, 0) is 62.2 Å². The van der Waals surface area contributed by atoms with Crippen molar-refractivity contribution in [3.63, 3.8) is 0 Å². The molecule has 4 aliphatic carbocycles. The van der Waals surface area contributed by atoms with Gasteiger partial charge >= 0.3 is 11.9 Å². The van der Waals surface area contributed by atoms with Gasteiger partial charge in [0.1, 0.15) is 0 Å². The molecule has 2 saturated carbocycles. The van der Waals surface area contributed by atoms with Gasteiger partial charge in [-0.25, -0.2) is 9.59 Å². The lowest BCUT2D eigenvalue weighted by Gasteiger charge is -2.19. The number of fused-ring (bicyclic) bond motifs is 4. The van der Waals surface area contributed by atoms with Gasteiger partial charge in [0.2, 0.25) is 0 Å². The lowest BCUT2D eigenvalue weighted by Crippen LogP contribution is -2.40. The molecule has 34 heavy (non-hydrogen) atoms. The molecule has 2 aliphatic heterocycles. The molecule has 6 atom stereocenters. The van der Waals surface area contributed by atoms with Gasteiger partial charge in [-0.1, -0.05) is 23.3 Å². The Kier molecular flexibility index (Phi) is 4.76. The highest BCUT2D eigenvalue weighted by molar-refractivity contribution is 6.30. The number of allylic oxidation sites excluding steroid dienone is 2. The lowest BCUT2D eigenvalue weighted by molar-refractivity contribution is -0.216. The summed E-state index contributed by atoms with van der Waals surface area (Å²) in [5.74, 6) is -6.15. The van der Waals surface area contributed by atoms with Crippen LogP contribution in [0.1, 0.15) is 51.4 Å². The van der Waals surface area contributed by atoms with Crippen LogP contribution in [0.2, 0.25) is 0 Å². The summed E-state index contributed by atoms with van der Waals surface area (Å²) in [6.45, 7) is 0. The predicted octanol–water partition coefficient (Wildman–Crippen LogP) is 1.37. The van der Waals surface area contributed by atoms with E-state index in [0.717, 1.165) is 49.7 Å². The number of imide groups is 2. The predicted molar refractivity (Wildman–Crippen MR) is 110 cm³/mol. The van der Waals surface area contributed by atoms with Crippen LogP contribution in [0.25, 0.3) is 0 Å². The molecule has 0 aromatic rings. The Morgan fingerprint density at radius 1 is 0.676 bits per heavy atom. The first-order valence-electron chi connectivity index (χ1n) is 11.9. The molecule has 0 N–H and O–H groups in total. The van der Waals surface area contributed by atoms with Crippen molar-refractivity contribution in [2.45, 2.75) is 51.4 Å². The Hall–Kier alpha value is -3.30. The van der Waals surface area contributed by atoms with Crippen molar-refractivity contribution in [1.29, 1.82) is 0 Å². The first kappa shape index (κ1) is 21.2. The highest BCUT2D eigenvalue weighted by atomic mass is 16.8. The van der Waals surface area contributed by atoms with Crippen molar-refractivity contribution in [2.24, 2.45) is 35.5 Å². The molecule has 0 aromatic carbocycles. The summed E-state index contributed by atoms with van der Waals surface area (Å²) in [7, 11) is 0. The fraction of sp³-hybridized carbons (Fsp3) is 0.583. The Labute approximate surface area is 194 Å². The van der Waals surface area contributed by atoms with Crippen LogP contribution in [-0.4, -0.2) is 45.7 Å². The number of carbonyl (C=O) groups excluding carboxylic acids is 6. The number of nitrogens with zero attached hydrogens (tertiary/aromatic N) is 2. The SMILES string of the molecule is O=C(ON1C(=O)CC(C2=CC3CCC2C3)C1=O)C(=O)ON1C(=O)CC(C2=CC3CCC2C3)C1=O. The van der Waals surface area contributed by atoms with E-state index in [2.05, 4.69) is 0 Å². The number of carbonyl (C=O) groups is 6. The Morgan fingerprint density at radius 3 is 1.41 bits per heavy atom. The van der Waals surface area contributed by atoms with Crippen molar-refractivity contribution in [2.75, 3.05) is 0 Å². The average molecular weight is 468 g/mol. The van der Waals surface area contributed by atoms with Crippen LogP contribution >= 0.6 is 0 Å². The van der Waals surface area contributed by atoms with Gasteiger partial charge in [0.05, 0.1) is 11.8 Å². The molecule has 4 bridgehead atoms. The first-order valence-corrected chi connectivity index (χ1v) is 11.9. The molecule has 2 heterocycles.